The van der Waals surface area contributed by atoms with E-state index in [2.05, 4.69) is 49.6 Å². The molecule has 2 fully saturated rings. The van der Waals surface area contributed by atoms with Crippen LogP contribution in [0.3, 0.4) is 0 Å². The van der Waals surface area contributed by atoms with Crippen LogP contribution in [0.1, 0.15) is 40.8 Å². The van der Waals surface area contributed by atoms with E-state index in [-0.39, 0.29) is 18.1 Å². The molecule has 3 aromatic rings. The van der Waals surface area contributed by atoms with E-state index in [1.807, 2.05) is 23.7 Å². The highest BCUT2D eigenvalue weighted by molar-refractivity contribution is 5.91. The number of piperazine rings is 1. The molecule has 34 heavy (non-hydrogen) atoms. The van der Waals surface area contributed by atoms with Crippen LogP contribution in [0.25, 0.3) is 0 Å². The van der Waals surface area contributed by atoms with Crippen LogP contribution in [0.2, 0.25) is 0 Å². The number of amides is 1. The number of hydrogen-bond donors (Lipinski definition) is 0. The first-order valence-corrected chi connectivity index (χ1v) is 11.8. The molecule has 0 saturated carbocycles. The Kier molecular flexibility index (Phi) is 6.59. The summed E-state index contributed by atoms with van der Waals surface area (Å²) in [6, 6.07) is 11.9. The molecule has 0 radical (unpaired) electrons. The Morgan fingerprint density at radius 2 is 1.94 bits per heavy atom. The maximum absolute atomic E-state index is 12.7. The van der Waals surface area contributed by atoms with Crippen LogP contribution in [0.5, 0.6) is 0 Å². The molecule has 2 aliphatic rings. The van der Waals surface area contributed by atoms with Crippen LogP contribution in [-0.2, 0) is 11.3 Å². The van der Waals surface area contributed by atoms with Gasteiger partial charge in [-0.05, 0) is 53.1 Å². The fourth-order valence-corrected chi connectivity index (χ4v) is 4.74. The lowest BCUT2D eigenvalue weighted by Crippen LogP contribution is -2.50. The number of aromatic nitrogens is 4. The van der Waals surface area contributed by atoms with Crippen LogP contribution >= 0.6 is 0 Å². The lowest BCUT2D eigenvalue weighted by Gasteiger charge is -2.38. The second-order valence-electron chi connectivity index (χ2n) is 9.05. The smallest absolute Gasteiger partial charge is 0.289 e. The minimum Gasteiger partial charge on any atom is -0.459 e. The highest BCUT2D eigenvalue weighted by atomic mass is 16.5. The Labute approximate surface area is 199 Å². The van der Waals surface area contributed by atoms with E-state index in [1.54, 1.807) is 12.1 Å². The second kappa shape index (κ2) is 9.94. The van der Waals surface area contributed by atoms with Gasteiger partial charge in [0.25, 0.3) is 5.91 Å². The molecule has 4 heterocycles. The minimum atomic E-state index is -0.117. The lowest BCUT2D eigenvalue weighted by molar-refractivity contribution is 0.0551. The number of benzene rings is 1. The molecule has 10 nitrogen and oxygen atoms in total. The van der Waals surface area contributed by atoms with Gasteiger partial charge in [-0.25, -0.2) is 4.68 Å². The zero-order valence-corrected chi connectivity index (χ0v) is 19.7. The average molecular weight is 466 g/mol. The molecule has 0 bridgehead atoms. The second-order valence-corrected chi connectivity index (χ2v) is 9.05. The zero-order chi connectivity index (χ0) is 23.5. The van der Waals surface area contributed by atoms with Crippen molar-refractivity contribution in [2.24, 2.45) is 0 Å². The number of furan rings is 1. The summed E-state index contributed by atoms with van der Waals surface area (Å²) in [4.78, 5) is 19.0. The fourth-order valence-electron chi connectivity index (χ4n) is 4.74. The summed E-state index contributed by atoms with van der Waals surface area (Å²) >= 11 is 0. The number of carbonyl (C=O) groups excluding carboxylic acids is 1. The van der Waals surface area contributed by atoms with Crippen LogP contribution < -0.4 is 4.90 Å². The molecule has 2 aromatic heterocycles. The SMILES string of the molecule is CN(C)c1ccc([C@H](c2nnnn2C[C@H]2CCCO2)N2CCN(C(=O)c3ccco3)CC2)cc1. The first-order chi connectivity index (χ1) is 16.6. The number of anilines is 1. The van der Waals surface area contributed by atoms with Gasteiger partial charge in [-0.2, -0.15) is 0 Å². The number of hydrogen-bond acceptors (Lipinski definition) is 8. The highest BCUT2D eigenvalue weighted by Crippen LogP contribution is 2.30. The number of ether oxygens (including phenoxy) is 1. The molecule has 2 saturated heterocycles. The third-order valence-corrected chi connectivity index (χ3v) is 6.63. The van der Waals surface area contributed by atoms with Gasteiger partial charge in [0, 0.05) is 52.6 Å². The van der Waals surface area contributed by atoms with Crippen molar-refractivity contribution in [3.8, 4) is 0 Å². The monoisotopic (exact) mass is 465 g/mol. The Bertz CT molecular complexity index is 1070. The maximum atomic E-state index is 12.7. The lowest BCUT2D eigenvalue weighted by atomic mass is 10.0. The molecule has 10 heteroatoms. The predicted octanol–water partition coefficient (Wildman–Crippen LogP) is 2.06. The largest absolute Gasteiger partial charge is 0.459 e. The summed E-state index contributed by atoms with van der Waals surface area (Å²) in [5, 5.41) is 12.8. The van der Waals surface area contributed by atoms with Gasteiger partial charge in [-0.3, -0.25) is 9.69 Å². The Balaban J connectivity index is 1.39. The summed E-state index contributed by atoms with van der Waals surface area (Å²) in [5.74, 6) is 1.11. The van der Waals surface area contributed by atoms with Crippen molar-refractivity contribution < 1.29 is 13.9 Å². The third kappa shape index (κ3) is 4.69. The van der Waals surface area contributed by atoms with Gasteiger partial charge < -0.3 is 19.0 Å². The van der Waals surface area contributed by atoms with Crippen LogP contribution in [0.15, 0.2) is 47.1 Å². The molecule has 5 rings (SSSR count). The van der Waals surface area contributed by atoms with Gasteiger partial charge in [0.05, 0.1) is 25.0 Å². The molecule has 180 valence electrons. The van der Waals surface area contributed by atoms with Crippen molar-refractivity contribution in [2.75, 3.05) is 51.8 Å². The Hall–Kier alpha value is -3.24. The predicted molar refractivity (Wildman–Crippen MR) is 126 cm³/mol. The molecule has 0 spiro atoms. The molecule has 2 aliphatic heterocycles. The average Bonchev–Trinajstić information content (AvgIpc) is 3.64. The normalized spacial score (nSPS) is 19.9. The van der Waals surface area contributed by atoms with E-state index in [0.29, 0.717) is 38.5 Å². The Morgan fingerprint density at radius 3 is 2.59 bits per heavy atom. The van der Waals surface area contributed by atoms with Crippen molar-refractivity contribution >= 4 is 11.6 Å². The van der Waals surface area contributed by atoms with E-state index in [1.165, 1.54) is 6.26 Å². The first-order valence-electron chi connectivity index (χ1n) is 11.8. The molecule has 0 aliphatic carbocycles. The molecular formula is C24H31N7O3. The van der Waals surface area contributed by atoms with Crippen LogP contribution in [0.4, 0.5) is 5.69 Å². The fraction of sp³-hybridized carbons (Fsp3) is 0.500. The molecule has 2 atom stereocenters. The number of rotatable bonds is 7. The van der Waals surface area contributed by atoms with Crippen LogP contribution in [0, 0.1) is 0 Å². The standard InChI is InChI=1S/C24H31N7O3/c1-28(2)19-9-7-18(8-10-19)22(23-25-26-27-31(23)17-20-5-3-15-33-20)29-11-13-30(14-12-29)24(32)21-6-4-16-34-21/h4,6-10,16,20,22H,3,5,11-15,17H2,1-2H3/t20-,22-/m1/s1. The minimum absolute atomic E-state index is 0.0697. The van der Waals surface area contributed by atoms with Crippen molar-refractivity contribution in [3.63, 3.8) is 0 Å². The number of tetrazole rings is 1. The maximum Gasteiger partial charge on any atom is 0.289 e. The summed E-state index contributed by atoms with van der Waals surface area (Å²) in [5.41, 5.74) is 2.26. The molecule has 1 amide bonds. The molecule has 0 N–H and O–H groups in total. The highest BCUT2D eigenvalue weighted by Gasteiger charge is 2.33. The van der Waals surface area contributed by atoms with E-state index in [9.17, 15) is 4.79 Å². The quantitative estimate of drug-likeness (QED) is 0.524. The van der Waals surface area contributed by atoms with Gasteiger partial charge in [0.2, 0.25) is 0 Å². The molecule has 1 aromatic carbocycles. The van der Waals surface area contributed by atoms with Gasteiger partial charge in [-0.15, -0.1) is 5.10 Å². The van der Waals surface area contributed by atoms with Gasteiger partial charge in [-0.1, -0.05) is 12.1 Å². The summed E-state index contributed by atoms with van der Waals surface area (Å²) in [7, 11) is 4.06. The van der Waals surface area contributed by atoms with Gasteiger partial charge in [0.15, 0.2) is 11.6 Å². The van der Waals surface area contributed by atoms with Gasteiger partial charge in [0.1, 0.15) is 0 Å². The summed E-state index contributed by atoms with van der Waals surface area (Å²) < 4.78 is 13.0. The van der Waals surface area contributed by atoms with Crippen molar-refractivity contribution in [1.82, 2.24) is 30.0 Å². The number of carbonyl (C=O) groups is 1. The third-order valence-electron chi connectivity index (χ3n) is 6.63. The van der Waals surface area contributed by atoms with Gasteiger partial charge >= 0.3 is 0 Å². The molecular weight excluding hydrogens is 434 g/mol. The first kappa shape index (κ1) is 22.5. The van der Waals surface area contributed by atoms with Crippen molar-refractivity contribution in [1.29, 1.82) is 0 Å². The van der Waals surface area contributed by atoms with E-state index < -0.39 is 0 Å². The van der Waals surface area contributed by atoms with Crippen LogP contribution in [-0.4, -0.2) is 88.9 Å². The Morgan fingerprint density at radius 1 is 1.15 bits per heavy atom. The molecule has 0 unspecified atom stereocenters. The van der Waals surface area contributed by atoms with Crippen molar-refractivity contribution in [2.45, 2.75) is 31.5 Å². The van der Waals surface area contributed by atoms with E-state index in [4.69, 9.17) is 9.15 Å². The summed E-state index contributed by atoms with van der Waals surface area (Å²) in [6.45, 7) is 4.08. The zero-order valence-electron chi connectivity index (χ0n) is 19.7. The number of nitrogens with zero attached hydrogens (tertiary/aromatic N) is 7. The summed E-state index contributed by atoms with van der Waals surface area (Å²) in [6.07, 6.45) is 3.77. The topological polar surface area (TPSA) is 92.8 Å². The van der Waals surface area contributed by atoms with Crippen molar-refractivity contribution in [3.05, 3.63) is 59.8 Å². The van der Waals surface area contributed by atoms with E-state index in [0.717, 1.165) is 36.5 Å². The van der Waals surface area contributed by atoms with E-state index >= 15 is 0 Å².